The molecule has 164 valence electrons. The third-order valence-electron chi connectivity index (χ3n) is 5.03. The number of aromatic nitrogens is 3. The molecule has 3 rings (SSSR count). The molecule has 8 nitrogen and oxygen atoms in total. The largest absolute Gasteiger partial charge is 0.379 e. The number of hydrogen-bond donors (Lipinski definition) is 2. The van der Waals surface area contributed by atoms with E-state index in [0.717, 1.165) is 50.5 Å². The number of nitrogens with one attached hydrogen (secondary N) is 2. The Hall–Kier alpha value is -1.98. The molecule has 30 heavy (non-hydrogen) atoms. The Morgan fingerprint density at radius 2 is 1.93 bits per heavy atom. The van der Waals surface area contributed by atoms with Crippen molar-refractivity contribution in [3.63, 3.8) is 0 Å². The van der Waals surface area contributed by atoms with Gasteiger partial charge in [-0.3, -0.25) is 4.90 Å². The predicted molar refractivity (Wildman–Crippen MR) is 130 cm³/mol. The van der Waals surface area contributed by atoms with Crippen molar-refractivity contribution in [3.8, 4) is 0 Å². The molecule has 0 saturated carbocycles. The van der Waals surface area contributed by atoms with E-state index in [-0.39, 0.29) is 24.0 Å². The normalized spacial score (nSPS) is 14.8. The van der Waals surface area contributed by atoms with Gasteiger partial charge >= 0.3 is 0 Å². The van der Waals surface area contributed by atoms with Crippen molar-refractivity contribution in [3.05, 3.63) is 59.7 Å². The molecule has 1 fully saturated rings. The van der Waals surface area contributed by atoms with Crippen LogP contribution >= 0.6 is 24.0 Å². The Bertz CT molecular complexity index is 831. The fourth-order valence-corrected chi connectivity index (χ4v) is 3.14. The molecule has 1 aromatic carbocycles. The van der Waals surface area contributed by atoms with E-state index in [4.69, 9.17) is 9.73 Å². The highest BCUT2D eigenvalue weighted by Crippen LogP contribution is 2.14. The molecule has 9 heteroatoms. The van der Waals surface area contributed by atoms with Gasteiger partial charge in [-0.25, -0.2) is 4.99 Å². The van der Waals surface area contributed by atoms with E-state index in [1.165, 1.54) is 11.1 Å². The van der Waals surface area contributed by atoms with Gasteiger partial charge in [0.1, 0.15) is 5.82 Å². The Morgan fingerprint density at radius 3 is 2.60 bits per heavy atom. The molecule has 0 aliphatic carbocycles. The van der Waals surface area contributed by atoms with Crippen molar-refractivity contribution in [2.45, 2.75) is 26.6 Å². The molecular weight excluding hydrogens is 493 g/mol. The highest BCUT2D eigenvalue weighted by molar-refractivity contribution is 14.0. The second-order valence-corrected chi connectivity index (χ2v) is 7.07. The molecule has 2 heterocycles. The average Bonchev–Trinajstić information content (AvgIpc) is 3.07. The number of rotatable bonds is 8. The van der Waals surface area contributed by atoms with E-state index >= 15 is 0 Å². The number of hydrogen-bond acceptors (Lipinski definition) is 5. The van der Waals surface area contributed by atoms with Crippen molar-refractivity contribution in [2.75, 3.05) is 32.8 Å². The first-order valence-electron chi connectivity index (χ1n) is 10.0. The SMILES string of the molecule is C=CCNC(=NCc1ccccc1CN1CCOCC1)NCc1nnc(C)n1C.I. The number of benzene rings is 1. The van der Waals surface area contributed by atoms with Crippen LogP contribution in [0.25, 0.3) is 0 Å². The zero-order valence-corrected chi connectivity index (χ0v) is 20.1. The number of halogens is 1. The van der Waals surface area contributed by atoms with E-state index in [9.17, 15) is 0 Å². The number of aliphatic imine (C=N–C) groups is 1. The van der Waals surface area contributed by atoms with Crippen LogP contribution in [-0.2, 0) is 31.4 Å². The van der Waals surface area contributed by atoms with E-state index < -0.39 is 0 Å². The second-order valence-electron chi connectivity index (χ2n) is 7.07. The van der Waals surface area contributed by atoms with Crippen molar-refractivity contribution >= 4 is 29.9 Å². The average molecular weight is 525 g/mol. The lowest BCUT2D eigenvalue weighted by atomic mass is 10.1. The van der Waals surface area contributed by atoms with Gasteiger partial charge in [0.05, 0.1) is 26.3 Å². The van der Waals surface area contributed by atoms with E-state index in [1.807, 2.05) is 24.6 Å². The fraction of sp³-hybridized carbons (Fsp3) is 0.476. The molecular formula is C21H32IN7O. The van der Waals surface area contributed by atoms with Crippen LogP contribution in [0, 0.1) is 6.92 Å². The molecule has 0 radical (unpaired) electrons. The van der Waals surface area contributed by atoms with Crippen LogP contribution in [0.5, 0.6) is 0 Å². The molecule has 0 atom stereocenters. The maximum atomic E-state index is 5.46. The lowest BCUT2D eigenvalue weighted by Crippen LogP contribution is -2.37. The van der Waals surface area contributed by atoms with E-state index in [2.05, 4.69) is 56.6 Å². The molecule has 1 aliphatic rings. The Balaban J connectivity index is 0.00000320. The molecule has 2 N–H and O–H groups in total. The second kappa shape index (κ2) is 12.7. The Kier molecular flexibility index (Phi) is 10.2. The summed E-state index contributed by atoms with van der Waals surface area (Å²) in [5.41, 5.74) is 2.54. The summed E-state index contributed by atoms with van der Waals surface area (Å²) in [5, 5.41) is 14.9. The van der Waals surface area contributed by atoms with Crippen LogP contribution in [0.15, 0.2) is 41.9 Å². The molecule has 1 saturated heterocycles. The number of aryl methyl sites for hydroxylation is 1. The number of morpholine rings is 1. The highest BCUT2D eigenvalue weighted by atomic mass is 127. The third kappa shape index (κ3) is 7.06. The van der Waals surface area contributed by atoms with E-state index in [1.54, 1.807) is 0 Å². The quantitative estimate of drug-likeness (QED) is 0.238. The van der Waals surface area contributed by atoms with Crippen LogP contribution in [-0.4, -0.2) is 58.5 Å². The summed E-state index contributed by atoms with van der Waals surface area (Å²) in [6.07, 6.45) is 1.82. The Morgan fingerprint density at radius 1 is 1.20 bits per heavy atom. The van der Waals surface area contributed by atoms with E-state index in [0.29, 0.717) is 19.6 Å². The van der Waals surface area contributed by atoms with Gasteiger partial charge in [-0.1, -0.05) is 30.3 Å². The highest BCUT2D eigenvalue weighted by Gasteiger charge is 2.13. The maximum absolute atomic E-state index is 5.46. The third-order valence-corrected chi connectivity index (χ3v) is 5.03. The van der Waals surface area contributed by atoms with Crippen LogP contribution in [0.3, 0.4) is 0 Å². The topological polar surface area (TPSA) is 79.6 Å². The first-order chi connectivity index (χ1) is 14.2. The predicted octanol–water partition coefficient (Wildman–Crippen LogP) is 2.00. The van der Waals surface area contributed by atoms with Crippen LogP contribution in [0.2, 0.25) is 0 Å². The molecule has 1 aliphatic heterocycles. The van der Waals surface area contributed by atoms with Gasteiger partial charge in [0.2, 0.25) is 0 Å². The van der Waals surface area contributed by atoms with Gasteiger partial charge in [-0.15, -0.1) is 40.8 Å². The molecule has 0 amide bonds. The first kappa shape index (κ1) is 24.3. The molecule has 2 aromatic rings. The number of guanidine groups is 1. The van der Waals surface area contributed by atoms with Crippen molar-refractivity contribution in [2.24, 2.45) is 12.0 Å². The molecule has 0 unspecified atom stereocenters. The minimum absolute atomic E-state index is 0. The summed E-state index contributed by atoms with van der Waals surface area (Å²) < 4.78 is 7.43. The maximum Gasteiger partial charge on any atom is 0.192 e. The standard InChI is InChI=1S/C21H31N7O.HI/c1-4-9-22-21(24-15-20-26-25-17(2)27(20)3)23-14-18-7-5-6-8-19(18)16-28-10-12-29-13-11-28;/h4-8H,1,9-16H2,2-3H3,(H2,22,23,24);1H. The first-order valence-corrected chi connectivity index (χ1v) is 10.0. The molecule has 0 bridgehead atoms. The zero-order valence-electron chi connectivity index (χ0n) is 17.8. The van der Waals surface area contributed by atoms with Crippen LogP contribution in [0.1, 0.15) is 22.8 Å². The van der Waals surface area contributed by atoms with Crippen LogP contribution in [0.4, 0.5) is 0 Å². The molecule has 0 spiro atoms. The van der Waals surface area contributed by atoms with Gasteiger partial charge in [0, 0.05) is 33.2 Å². The lowest BCUT2D eigenvalue weighted by Gasteiger charge is -2.27. The summed E-state index contributed by atoms with van der Waals surface area (Å²) in [6.45, 7) is 12.0. The van der Waals surface area contributed by atoms with Gasteiger partial charge in [0.15, 0.2) is 11.8 Å². The summed E-state index contributed by atoms with van der Waals surface area (Å²) >= 11 is 0. The molecule has 1 aromatic heterocycles. The van der Waals surface area contributed by atoms with Gasteiger partial charge in [-0.2, -0.15) is 0 Å². The lowest BCUT2D eigenvalue weighted by molar-refractivity contribution is 0.0341. The summed E-state index contributed by atoms with van der Waals surface area (Å²) in [5.74, 6) is 2.48. The minimum Gasteiger partial charge on any atom is -0.379 e. The summed E-state index contributed by atoms with van der Waals surface area (Å²) in [6, 6.07) is 8.50. The van der Waals surface area contributed by atoms with Crippen molar-refractivity contribution in [1.82, 2.24) is 30.3 Å². The zero-order chi connectivity index (χ0) is 20.5. The van der Waals surface area contributed by atoms with Gasteiger partial charge < -0.3 is 19.9 Å². The van der Waals surface area contributed by atoms with Gasteiger partial charge in [0.25, 0.3) is 0 Å². The summed E-state index contributed by atoms with van der Waals surface area (Å²) in [4.78, 5) is 7.21. The minimum atomic E-state index is 0. The number of nitrogens with zero attached hydrogens (tertiary/aromatic N) is 5. The monoisotopic (exact) mass is 525 g/mol. The fourth-order valence-electron chi connectivity index (χ4n) is 3.14. The van der Waals surface area contributed by atoms with Crippen molar-refractivity contribution in [1.29, 1.82) is 0 Å². The Labute approximate surface area is 195 Å². The van der Waals surface area contributed by atoms with Crippen molar-refractivity contribution < 1.29 is 4.74 Å². The van der Waals surface area contributed by atoms with Crippen LogP contribution < -0.4 is 10.6 Å². The van der Waals surface area contributed by atoms with Gasteiger partial charge in [-0.05, 0) is 18.1 Å². The summed E-state index contributed by atoms with van der Waals surface area (Å²) in [7, 11) is 1.96. The number of ether oxygens (including phenoxy) is 1. The smallest absolute Gasteiger partial charge is 0.192 e.